The Kier molecular flexibility index (Phi) is 3.48. The molecule has 0 aliphatic rings. The van der Waals surface area contributed by atoms with E-state index >= 15 is 0 Å². The van der Waals surface area contributed by atoms with E-state index in [9.17, 15) is 8.78 Å². The van der Waals surface area contributed by atoms with Gasteiger partial charge in [-0.2, -0.15) is 0 Å². The molecule has 3 aromatic rings. The fourth-order valence-corrected chi connectivity index (χ4v) is 2.20. The fourth-order valence-electron chi connectivity index (χ4n) is 2.20. The van der Waals surface area contributed by atoms with Crippen molar-refractivity contribution in [2.24, 2.45) is 0 Å². The van der Waals surface area contributed by atoms with E-state index in [4.69, 9.17) is 0 Å². The number of hydrogen-bond acceptors (Lipinski definition) is 1. The normalized spacial score (nSPS) is 10.6. The molecule has 3 heteroatoms. The topological polar surface area (TPSA) is 12.9 Å². The number of rotatable bonds is 2. The Morgan fingerprint density at radius 3 is 1.43 bits per heavy atom. The van der Waals surface area contributed by atoms with Crippen LogP contribution in [-0.4, -0.2) is 4.98 Å². The van der Waals surface area contributed by atoms with Crippen LogP contribution in [0.4, 0.5) is 8.78 Å². The van der Waals surface area contributed by atoms with E-state index < -0.39 is 0 Å². The molecule has 21 heavy (non-hydrogen) atoms. The van der Waals surface area contributed by atoms with E-state index in [1.807, 2.05) is 19.1 Å². The van der Waals surface area contributed by atoms with Crippen molar-refractivity contribution in [3.8, 4) is 22.5 Å². The lowest BCUT2D eigenvalue weighted by Gasteiger charge is -2.07. The number of nitrogens with zero attached hydrogens (tertiary/aromatic N) is 1. The van der Waals surface area contributed by atoms with Crippen LogP contribution in [0.2, 0.25) is 0 Å². The SMILES string of the molecule is Cc1cc(-c2ccc(F)cc2)nc(-c2ccc(F)cc2)c1. The molecule has 0 saturated heterocycles. The lowest BCUT2D eigenvalue weighted by atomic mass is 10.1. The summed E-state index contributed by atoms with van der Waals surface area (Å²) in [6, 6.07) is 16.3. The predicted octanol–water partition coefficient (Wildman–Crippen LogP) is 5.00. The molecule has 0 fully saturated rings. The summed E-state index contributed by atoms with van der Waals surface area (Å²) in [5.41, 5.74) is 4.29. The third-order valence-electron chi connectivity index (χ3n) is 3.25. The van der Waals surface area contributed by atoms with Crippen LogP contribution >= 0.6 is 0 Å². The van der Waals surface area contributed by atoms with Crippen LogP contribution in [0.15, 0.2) is 60.7 Å². The van der Waals surface area contributed by atoms with Crippen LogP contribution in [0.3, 0.4) is 0 Å². The van der Waals surface area contributed by atoms with Gasteiger partial charge in [-0.05, 0) is 73.2 Å². The molecule has 0 aliphatic heterocycles. The minimum atomic E-state index is -0.273. The first-order valence-electron chi connectivity index (χ1n) is 6.62. The molecular weight excluding hydrogens is 268 g/mol. The summed E-state index contributed by atoms with van der Waals surface area (Å²) in [6.45, 7) is 1.97. The number of aromatic nitrogens is 1. The van der Waals surface area contributed by atoms with Crippen LogP contribution in [0.1, 0.15) is 5.56 Å². The second-order valence-electron chi connectivity index (χ2n) is 4.93. The Bertz CT molecular complexity index is 698. The van der Waals surface area contributed by atoms with Gasteiger partial charge in [0.15, 0.2) is 0 Å². The molecule has 0 atom stereocenters. The number of halogens is 2. The van der Waals surface area contributed by atoms with Gasteiger partial charge >= 0.3 is 0 Å². The summed E-state index contributed by atoms with van der Waals surface area (Å²) in [5.74, 6) is -0.546. The second-order valence-corrected chi connectivity index (χ2v) is 4.93. The molecule has 0 radical (unpaired) electrons. The molecule has 0 saturated carbocycles. The van der Waals surface area contributed by atoms with Crippen molar-refractivity contribution in [1.82, 2.24) is 4.98 Å². The Balaban J connectivity index is 2.07. The quantitative estimate of drug-likeness (QED) is 0.644. The number of benzene rings is 2. The molecule has 3 rings (SSSR count). The van der Waals surface area contributed by atoms with Crippen molar-refractivity contribution < 1.29 is 8.78 Å². The van der Waals surface area contributed by atoms with Crippen molar-refractivity contribution in [1.29, 1.82) is 0 Å². The maximum Gasteiger partial charge on any atom is 0.123 e. The molecule has 2 aromatic carbocycles. The van der Waals surface area contributed by atoms with E-state index in [1.54, 1.807) is 24.3 Å². The van der Waals surface area contributed by atoms with Crippen LogP contribution < -0.4 is 0 Å². The zero-order chi connectivity index (χ0) is 14.8. The predicted molar refractivity (Wildman–Crippen MR) is 79.8 cm³/mol. The van der Waals surface area contributed by atoms with Gasteiger partial charge in [0.1, 0.15) is 11.6 Å². The lowest BCUT2D eigenvalue weighted by molar-refractivity contribution is 0.627. The van der Waals surface area contributed by atoms with Crippen LogP contribution in [0.25, 0.3) is 22.5 Å². The highest BCUT2D eigenvalue weighted by atomic mass is 19.1. The van der Waals surface area contributed by atoms with Gasteiger partial charge in [0.2, 0.25) is 0 Å². The molecule has 1 heterocycles. The zero-order valence-electron chi connectivity index (χ0n) is 11.5. The largest absolute Gasteiger partial charge is 0.248 e. The second kappa shape index (κ2) is 5.44. The van der Waals surface area contributed by atoms with E-state index in [-0.39, 0.29) is 11.6 Å². The Labute approximate surface area is 121 Å². The molecule has 104 valence electrons. The number of hydrogen-bond donors (Lipinski definition) is 0. The first-order chi connectivity index (χ1) is 10.1. The summed E-state index contributed by atoms with van der Waals surface area (Å²) in [7, 11) is 0. The Morgan fingerprint density at radius 2 is 1.05 bits per heavy atom. The van der Waals surface area contributed by atoms with E-state index in [0.717, 1.165) is 28.1 Å². The first-order valence-corrected chi connectivity index (χ1v) is 6.62. The maximum absolute atomic E-state index is 13.0. The van der Waals surface area contributed by atoms with Crippen LogP contribution in [-0.2, 0) is 0 Å². The third-order valence-corrected chi connectivity index (χ3v) is 3.25. The Morgan fingerprint density at radius 1 is 0.667 bits per heavy atom. The highest BCUT2D eigenvalue weighted by Crippen LogP contribution is 2.25. The molecule has 1 aromatic heterocycles. The van der Waals surface area contributed by atoms with Gasteiger partial charge in [-0.15, -0.1) is 0 Å². The van der Waals surface area contributed by atoms with Gasteiger partial charge < -0.3 is 0 Å². The molecule has 0 bridgehead atoms. The average molecular weight is 281 g/mol. The number of aryl methyl sites for hydroxylation is 1. The monoisotopic (exact) mass is 281 g/mol. The summed E-state index contributed by atoms with van der Waals surface area (Å²) in [5, 5.41) is 0. The van der Waals surface area contributed by atoms with E-state index in [2.05, 4.69) is 4.98 Å². The fraction of sp³-hybridized carbons (Fsp3) is 0.0556. The summed E-state index contributed by atoms with van der Waals surface area (Å²) >= 11 is 0. The van der Waals surface area contributed by atoms with E-state index in [1.165, 1.54) is 24.3 Å². The van der Waals surface area contributed by atoms with Gasteiger partial charge in [-0.3, -0.25) is 0 Å². The Hall–Kier alpha value is -2.55. The lowest BCUT2D eigenvalue weighted by Crippen LogP contribution is -1.91. The van der Waals surface area contributed by atoms with Crippen LogP contribution in [0, 0.1) is 18.6 Å². The maximum atomic E-state index is 13.0. The van der Waals surface area contributed by atoms with Crippen molar-refractivity contribution in [2.75, 3.05) is 0 Å². The molecule has 0 aliphatic carbocycles. The summed E-state index contributed by atoms with van der Waals surface area (Å²) < 4.78 is 26.0. The average Bonchev–Trinajstić information content (AvgIpc) is 2.48. The molecular formula is C18H13F2N. The van der Waals surface area contributed by atoms with Crippen molar-refractivity contribution in [3.05, 3.63) is 77.9 Å². The van der Waals surface area contributed by atoms with E-state index in [0.29, 0.717) is 0 Å². The van der Waals surface area contributed by atoms with Crippen LogP contribution in [0.5, 0.6) is 0 Å². The smallest absolute Gasteiger partial charge is 0.123 e. The molecule has 0 unspecified atom stereocenters. The molecule has 1 nitrogen and oxygen atoms in total. The highest BCUT2D eigenvalue weighted by molar-refractivity contribution is 5.67. The molecule has 0 amide bonds. The minimum Gasteiger partial charge on any atom is -0.248 e. The van der Waals surface area contributed by atoms with Gasteiger partial charge in [-0.25, -0.2) is 13.8 Å². The van der Waals surface area contributed by atoms with Gasteiger partial charge in [-0.1, -0.05) is 0 Å². The standard InChI is InChI=1S/C18H13F2N/c1-12-10-17(13-2-6-15(19)7-3-13)21-18(11-12)14-4-8-16(20)9-5-14/h2-11H,1H3. The third kappa shape index (κ3) is 2.97. The molecule has 0 spiro atoms. The van der Waals surface area contributed by atoms with Gasteiger partial charge in [0.05, 0.1) is 11.4 Å². The minimum absolute atomic E-state index is 0.273. The van der Waals surface area contributed by atoms with Crippen molar-refractivity contribution in [2.45, 2.75) is 6.92 Å². The number of pyridine rings is 1. The van der Waals surface area contributed by atoms with Crippen molar-refractivity contribution in [3.63, 3.8) is 0 Å². The highest BCUT2D eigenvalue weighted by Gasteiger charge is 2.06. The summed E-state index contributed by atoms with van der Waals surface area (Å²) in [4.78, 5) is 4.59. The first kappa shape index (κ1) is 13.4. The zero-order valence-corrected chi connectivity index (χ0v) is 11.5. The van der Waals surface area contributed by atoms with Gasteiger partial charge in [0.25, 0.3) is 0 Å². The van der Waals surface area contributed by atoms with Gasteiger partial charge in [0, 0.05) is 11.1 Å². The molecule has 0 N–H and O–H groups in total. The summed E-state index contributed by atoms with van der Waals surface area (Å²) in [6.07, 6.45) is 0. The van der Waals surface area contributed by atoms with Crippen molar-refractivity contribution >= 4 is 0 Å².